The Hall–Kier alpha value is -3.22. The molecule has 2 aromatic carbocycles. The summed E-state index contributed by atoms with van der Waals surface area (Å²) in [5, 5.41) is 5.23. The smallest absolute Gasteiger partial charge is 0.254 e. The summed E-state index contributed by atoms with van der Waals surface area (Å²) in [7, 11) is 1.64. The minimum atomic E-state index is -0.345. The lowest BCUT2D eigenvalue weighted by atomic mass is 10.1. The molecule has 0 unspecified atom stereocenters. The van der Waals surface area contributed by atoms with E-state index < -0.39 is 0 Å². The fourth-order valence-corrected chi connectivity index (χ4v) is 2.65. The molecule has 0 spiro atoms. The minimum absolute atomic E-state index is 0.290. The third-order valence-electron chi connectivity index (χ3n) is 4.07. The van der Waals surface area contributed by atoms with Crippen molar-refractivity contribution in [1.29, 1.82) is 0 Å². The van der Waals surface area contributed by atoms with Gasteiger partial charge in [0.1, 0.15) is 5.82 Å². The van der Waals surface area contributed by atoms with E-state index in [0.29, 0.717) is 16.9 Å². The van der Waals surface area contributed by atoms with Crippen LogP contribution in [-0.4, -0.2) is 29.7 Å². The van der Waals surface area contributed by atoms with E-state index in [0.717, 1.165) is 5.56 Å². The van der Waals surface area contributed by atoms with Crippen LogP contribution in [0.2, 0.25) is 0 Å². The molecule has 0 aliphatic heterocycles. The van der Waals surface area contributed by atoms with Crippen molar-refractivity contribution in [1.82, 2.24) is 4.90 Å². The molecule has 1 atom stereocenters. The molecule has 0 fully saturated rings. The summed E-state index contributed by atoms with van der Waals surface area (Å²) < 4.78 is 13.1. The monoisotopic (exact) mass is 371 g/mol. The molecule has 2 aromatic rings. The summed E-state index contributed by atoms with van der Waals surface area (Å²) in [4.78, 5) is 37.2. The summed E-state index contributed by atoms with van der Waals surface area (Å²) in [5.74, 6) is -1.23. The predicted molar refractivity (Wildman–Crippen MR) is 102 cm³/mol. The summed E-state index contributed by atoms with van der Waals surface area (Å²) in [6.07, 6.45) is 0. The lowest BCUT2D eigenvalue weighted by molar-refractivity contribution is -0.115. The number of benzene rings is 2. The van der Waals surface area contributed by atoms with Crippen LogP contribution >= 0.6 is 0 Å². The molecular formula is C20H22FN3O3. The maximum atomic E-state index is 13.1. The van der Waals surface area contributed by atoms with Crippen molar-refractivity contribution in [2.45, 2.75) is 26.8 Å². The van der Waals surface area contributed by atoms with Crippen LogP contribution in [-0.2, 0) is 9.59 Å². The first-order valence-corrected chi connectivity index (χ1v) is 8.40. The molecule has 0 aromatic heterocycles. The van der Waals surface area contributed by atoms with E-state index in [1.165, 1.54) is 30.9 Å². The van der Waals surface area contributed by atoms with Gasteiger partial charge in [-0.1, -0.05) is 12.1 Å². The lowest BCUT2D eigenvalue weighted by Gasteiger charge is -2.26. The number of carbonyl (C=O) groups excluding carboxylic acids is 3. The van der Waals surface area contributed by atoms with Gasteiger partial charge in [-0.15, -0.1) is 0 Å². The van der Waals surface area contributed by atoms with Crippen molar-refractivity contribution < 1.29 is 18.8 Å². The summed E-state index contributed by atoms with van der Waals surface area (Å²) in [5.41, 5.74) is 1.90. The van der Waals surface area contributed by atoms with Crippen molar-refractivity contribution >= 4 is 29.1 Å². The van der Waals surface area contributed by atoms with Crippen molar-refractivity contribution in [2.24, 2.45) is 0 Å². The van der Waals surface area contributed by atoms with Crippen molar-refractivity contribution in [3.8, 4) is 0 Å². The van der Waals surface area contributed by atoms with Gasteiger partial charge < -0.3 is 15.5 Å². The molecule has 142 valence electrons. The Kier molecular flexibility index (Phi) is 6.28. The third-order valence-corrected chi connectivity index (χ3v) is 4.07. The number of hydrogen-bond acceptors (Lipinski definition) is 3. The van der Waals surface area contributed by atoms with Crippen LogP contribution in [0.25, 0.3) is 0 Å². The van der Waals surface area contributed by atoms with Crippen LogP contribution in [0.3, 0.4) is 0 Å². The first-order chi connectivity index (χ1) is 12.7. The molecule has 0 radical (unpaired) electrons. The molecule has 2 rings (SSSR count). The number of hydrogen-bond donors (Lipinski definition) is 2. The molecule has 7 heteroatoms. The quantitative estimate of drug-likeness (QED) is 0.843. The van der Waals surface area contributed by atoms with Gasteiger partial charge in [-0.05, 0) is 42.8 Å². The second kappa shape index (κ2) is 8.44. The van der Waals surface area contributed by atoms with Gasteiger partial charge in [-0.2, -0.15) is 0 Å². The van der Waals surface area contributed by atoms with Crippen molar-refractivity contribution in [3.63, 3.8) is 0 Å². The largest absolute Gasteiger partial charge is 0.335 e. The van der Waals surface area contributed by atoms with Crippen LogP contribution < -0.4 is 10.6 Å². The lowest BCUT2D eigenvalue weighted by Crippen LogP contribution is -2.30. The molecule has 2 N–H and O–H groups in total. The number of halogens is 1. The SMILES string of the molecule is CC(=O)Nc1cc(NC(C)=O)cc(C(=O)N(C)[C@H](C)c2ccc(F)cc2)c1. The first-order valence-electron chi connectivity index (χ1n) is 8.40. The Bertz CT molecular complexity index is 831. The summed E-state index contributed by atoms with van der Waals surface area (Å²) in [6.45, 7) is 4.54. The minimum Gasteiger partial charge on any atom is -0.335 e. The predicted octanol–water partition coefficient (Wildman–Crippen LogP) is 3.58. The van der Waals surface area contributed by atoms with E-state index >= 15 is 0 Å². The van der Waals surface area contributed by atoms with Gasteiger partial charge in [0.2, 0.25) is 11.8 Å². The molecular weight excluding hydrogens is 349 g/mol. The second-order valence-corrected chi connectivity index (χ2v) is 6.30. The van der Waals surface area contributed by atoms with Crippen LogP contribution in [0.15, 0.2) is 42.5 Å². The Balaban J connectivity index is 2.33. The average Bonchev–Trinajstić information content (AvgIpc) is 2.59. The van der Waals surface area contributed by atoms with E-state index in [-0.39, 0.29) is 29.6 Å². The number of anilines is 2. The Labute approximate surface area is 157 Å². The maximum absolute atomic E-state index is 13.1. The van der Waals surface area contributed by atoms with Crippen LogP contribution in [0.5, 0.6) is 0 Å². The Morgan fingerprint density at radius 3 is 1.85 bits per heavy atom. The van der Waals surface area contributed by atoms with Crippen LogP contribution in [0.1, 0.15) is 42.7 Å². The number of nitrogens with zero attached hydrogens (tertiary/aromatic N) is 1. The molecule has 27 heavy (non-hydrogen) atoms. The van der Waals surface area contributed by atoms with E-state index in [4.69, 9.17) is 0 Å². The normalized spacial score (nSPS) is 11.4. The molecule has 0 bridgehead atoms. The average molecular weight is 371 g/mol. The highest BCUT2D eigenvalue weighted by atomic mass is 19.1. The first kappa shape index (κ1) is 20.1. The zero-order chi connectivity index (χ0) is 20.1. The molecule has 6 nitrogen and oxygen atoms in total. The maximum Gasteiger partial charge on any atom is 0.254 e. The van der Waals surface area contributed by atoms with E-state index in [1.807, 2.05) is 6.92 Å². The molecule has 3 amide bonds. The fraction of sp³-hybridized carbons (Fsp3) is 0.250. The zero-order valence-corrected chi connectivity index (χ0v) is 15.7. The molecule has 0 saturated carbocycles. The van der Waals surface area contributed by atoms with E-state index in [9.17, 15) is 18.8 Å². The summed E-state index contributed by atoms with van der Waals surface area (Å²) in [6, 6.07) is 10.3. The van der Waals surface area contributed by atoms with Gasteiger partial charge in [0.05, 0.1) is 6.04 Å². The number of nitrogens with one attached hydrogen (secondary N) is 2. The van der Waals surface area contributed by atoms with E-state index in [2.05, 4.69) is 10.6 Å². The highest BCUT2D eigenvalue weighted by Crippen LogP contribution is 2.25. The van der Waals surface area contributed by atoms with Gasteiger partial charge >= 0.3 is 0 Å². The van der Waals surface area contributed by atoms with E-state index in [1.54, 1.807) is 37.4 Å². The molecule has 0 heterocycles. The topological polar surface area (TPSA) is 78.5 Å². The number of carbonyl (C=O) groups is 3. The standard InChI is InChI=1S/C20H22FN3O3/c1-12(15-5-7-17(21)8-6-15)24(4)20(27)16-9-18(22-13(2)25)11-19(10-16)23-14(3)26/h5-12H,1-4H3,(H,22,25)(H,23,26)/t12-/m1/s1. The van der Waals surface area contributed by atoms with Gasteiger partial charge in [0.25, 0.3) is 5.91 Å². The van der Waals surface area contributed by atoms with Crippen molar-refractivity contribution in [3.05, 3.63) is 59.4 Å². The molecule has 0 aliphatic rings. The van der Waals surface area contributed by atoms with Crippen LogP contribution in [0, 0.1) is 5.82 Å². The van der Waals surface area contributed by atoms with Gasteiger partial charge in [-0.3, -0.25) is 14.4 Å². The summed E-state index contributed by atoms with van der Waals surface area (Å²) >= 11 is 0. The van der Waals surface area contributed by atoms with Crippen molar-refractivity contribution in [2.75, 3.05) is 17.7 Å². The van der Waals surface area contributed by atoms with Gasteiger partial charge in [0, 0.05) is 37.8 Å². The zero-order valence-electron chi connectivity index (χ0n) is 15.7. The highest BCUT2D eigenvalue weighted by molar-refractivity contribution is 6.00. The fourth-order valence-electron chi connectivity index (χ4n) is 2.65. The second-order valence-electron chi connectivity index (χ2n) is 6.30. The molecule has 0 saturated heterocycles. The number of amides is 3. The van der Waals surface area contributed by atoms with Gasteiger partial charge in [-0.25, -0.2) is 4.39 Å². The highest BCUT2D eigenvalue weighted by Gasteiger charge is 2.20. The number of rotatable bonds is 5. The van der Waals surface area contributed by atoms with Crippen LogP contribution in [0.4, 0.5) is 15.8 Å². The Morgan fingerprint density at radius 1 is 0.926 bits per heavy atom. The third kappa shape index (κ3) is 5.37. The Morgan fingerprint density at radius 2 is 1.41 bits per heavy atom. The molecule has 0 aliphatic carbocycles. The van der Waals surface area contributed by atoms with Gasteiger partial charge in [0.15, 0.2) is 0 Å².